The maximum absolute atomic E-state index is 12.4. The number of rotatable bonds is 5. The van der Waals surface area contributed by atoms with Gasteiger partial charge in [-0.1, -0.05) is 24.6 Å². The lowest BCUT2D eigenvalue weighted by Gasteiger charge is -2.06. The molecule has 25 heavy (non-hydrogen) atoms. The van der Waals surface area contributed by atoms with Crippen LogP contribution >= 0.6 is 11.6 Å². The molecule has 0 aliphatic heterocycles. The first-order valence-corrected chi connectivity index (χ1v) is 8.22. The lowest BCUT2D eigenvalue weighted by Crippen LogP contribution is -2.12. The quantitative estimate of drug-likeness (QED) is 0.659. The fraction of sp³-hybridized carbons (Fsp3) is 0.158. The molecule has 0 radical (unpaired) electrons. The van der Waals surface area contributed by atoms with Gasteiger partial charge in [-0.15, -0.1) is 0 Å². The Morgan fingerprint density at radius 1 is 1.16 bits per heavy atom. The Morgan fingerprint density at radius 2 is 2.00 bits per heavy atom. The van der Waals surface area contributed by atoms with E-state index >= 15 is 0 Å². The second-order valence-corrected chi connectivity index (χ2v) is 5.90. The van der Waals surface area contributed by atoms with Crippen molar-refractivity contribution in [1.29, 1.82) is 0 Å². The van der Waals surface area contributed by atoms with Crippen LogP contribution in [-0.2, 0) is 4.74 Å². The number of nitrogens with one attached hydrogen (secondary N) is 1. The summed E-state index contributed by atoms with van der Waals surface area (Å²) in [5, 5.41) is 4.02. The van der Waals surface area contributed by atoms with E-state index in [1.165, 1.54) is 0 Å². The zero-order valence-electron chi connectivity index (χ0n) is 13.5. The highest BCUT2D eigenvalue weighted by atomic mass is 35.5. The minimum atomic E-state index is -0.420. The van der Waals surface area contributed by atoms with Crippen molar-refractivity contribution in [3.8, 4) is 0 Å². The molecule has 1 heterocycles. The highest BCUT2D eigenvalue weighted by Crippen LogP contribution is 2.24. The normalized spacial score (nSPS) is 10.6. The van der Waals surface area contributed by atoms with Crippen molar-refractivity contribution in [2.75, 3.05) is 11.9 Å². The summed E-state index contributed by atoms with van der Waals surface area (Å²) in [5.74, 6) is -0.668. The van der Waals surface area contributed by atoms with Gasteiger partial charge >= 0.3 is 5.97 Å². The highest BCUT2D eigenvalue weighted by molar-refractivity contribution is 6.31. The lowest BCUT2D eigenvalue weighted by molar-refractivity contribution is 0.0505. The monoisotopic (exact) mass is 357 g/mol. The van der Waals surface area contributed by atoms with Crippen LogP contribution in [0.3, 0.4) is 0 Å². The molecule has 0 atom stereocenters. The van der Waals surface area contributed by atoms with Crippen molar-refractivity contribution in [3.63, 3.8) is 0 Å². The minimum absolute atomic E-state index is 0.163. The lowest BCUT2D eigenvalue weighted by atomic mass is 10.2. The van der Waals surface area contributed by atoms with Crippen LogP contribution in [0.4, 0.5) is 5.69 Å². The second-order valence-electron chi connectivity index (χ2n) is 5.46. The molecule has 6 heteroatoms. The van der Waals surface area contributed by atoms with Gasteiger partial charge in [-0.05, 0) is 48.9 Å². The number of ether oxygens (including phenoxy) is 1. The van der Waals surface area contributed by atoms with Gasteiger partial charge in [-0.2, -0.15) is 0 Å². The molecule has 0 aliphatic rings. The maximum Gasteiger partial charge on any atom is 0.338 e. The number of esters is 1. The summed E-state index contributed by atoms with van der Waals surface area (Å²) in [7, 11) is 0. The first-order valence-electron chi connectivity index (χ1n) is 7.84. The zero-order valence-corrected chi connectivity index (χ0v) is 14.3. The molecule has 0 unspecified atom stereocenters. The SMILES string of the molecule is CCCOC(=O)c1cccc(NC(=O)c2cc3cc(Cl)ccc3o2)c1. The van der Waals surface area contributed by atoms with E-state index in [2.05, 4.69) is 5.32 Å². The third kappa shape index (κ3) is 4.00. The van der Waals surface area contributed by atoms with Gasteiger partial charge in [0.15, 0.2) is 5.76 Å². The van der Waals surface area contributed by atoms with Gasteiger partial charge < -0.3 is 14.5 Å². The van der Waals surface area contributed by atoms with Gasteiger partial charge in [0.2, 0.25) is 0 Å². The number of benzene rings is 2. The third-order valence-corrected chi connectivity index (χ3v) is 3.73. The van der Waals surface area contributed by atoms with Crippen LogP contribution < -0.4 is 5.32 Å². The number of hydrogen-bond acceptors (Lipinski definition) is 4. The summed E-state index contributed by atoms with van der Waals surface area (Å²) in [6.45, 7) is 2.28. The molecule has 1 N–H and O–H groups in total. The molecule has 0 spiro atoms. The summed E-state index contributed by atoms with van der Waals surface area (Å²) in [6, 6.07) is 13.3. The number of carbonyl (C=O) groups is 2. The number of furan rings is 1. The first kappa shape index (κ1) is 17.0. The van der Waals surface area contributed by atoms with Crippen LogP contribution in [-0.4, -0.2) is 18.5 Å². The summed E-state index contributed by atoms with van der Waals surface area (Å²) in [6.07, 6.45) is 0.748. The Kier molecular flexibility index (Phi) is 5.05. The Morgan fingerprint density at radius 3 is 2.80 bits per heavy atom. The van der Waals surface area contributed by atoms with Crippen LogP contribution in [0.25, 0.3) is 11.0 Å². The van der Waals surface area contributed by atoms with E-state index in [9.17, 15) is 9.59 Å². The fourth-order valence-electron chi connectivity index (χ4n) is 2.32. The van der Waals surface area contributed by atoms with Crippen molar-refractivity contribution in [1.82, 2.24) is 0 Å². The molecule has 0 aliphatic carbocycles. The third-order valence-electron chi connectivity index (χ3n) is 3.50. The standard InChI is InChI=1S/C19H16ClNO4/c1-2-8-24-19(23)12-4-3-5-15(10-12)21-18(22)17-11-13-9-14(20)6-7-16(13)25-17/h3-7,9-11H,2,8H2,1H3,(H,21,22). The number of fused-ring (bicyclic) bond motifs is 1. The molecule has 2 aromatic carbocycles. The molecule has 1 aromatic heterocycles. The smallest absolute Gasteiger partial charge is 0.338 e. The fourth-order valence-corrected chi connectivity index (χ4v) is 2.50. The molecule has 1 amide bonds. The van der Waals surface area contributed by atoms with Crippen molar-refractivity contribution < 1.29 is 18.7 Å². The molecular weight excluding hydrogens is 342 g/mol. The predicted molar refractivity (Wildman–Crippen MR) is 96.2 cm³/mol. The topological polar surface area (TPSA) is 68.5 Å². The van der Waals surface area contributed by atoms with Crippen LogP contribution in [0.15, 0.2) is 52.9 Å². The number of hydrogen-bond donors (Lipinski definition) is 1. The maximum atomic E-state index is 12.4. The van der Waals surface area contributed by atoms with Crippen molar-refractivity contribution in [2.24, 2.45) is 0 Å². The summed E-state index contributed by atoms with van der Waals surface area (Å²) < 4.78 is 10.6. The van der Waals surface area contributed by atoms with Gasteiger partial charge in [0, 0.05) is 16.1 Å². The molecule has 0 bridgehead atoms. The predicted octanol–water partition coefficient (Wildman–Crippen LogP) is 4.91. The van der Waals surface area contributed by atoms with Gasteiger partial charge in [0.25, 0.3) is 5.91 Å². The van der Waals surface area contributed by atoms with Crippen LogP contribution in [0.1, 0.15) is 34.3 Å². The van der Waals surface area contributed by atoms with E-state index < -0.39 is 11.9 Å². The molecule has 5 nitrogen and oxygen atoms in total. The average molecular weight is 358 g/mol. The number of carbonyl (C=O) groups excluding carboxylic acids is 2. The van der Waals surface area contributed by atoms with Gasteiger partial charge in [0.1, 0.15) is 5.58 Å². The molecule has 0 fully saturated rings. The van der Waals surface area contributed by atoms with E-state index in [-0.39, 0.29) is 5.76 Å². The Balaban J connectivity index is 1.76. The van der Waals surface area contributed by atoms with Crippen molar-refractivity contribution >= 4 is 40.1 Å². The Bertz CT molecular complexity index is 932. The molecule has 3 rings (SSSR count). The van der Waals surface area contributed by atoms with Crippen molar-refractivity contribution in [2.45, 2.75) is 13.3 Å². The number of halogens is 1. The van der Waals surface area contributed by atoms with E-state index in [0.29, 0.717) is 28.5 Å². The largest absolute Gasteiger partial charge is 0.462 e. The molecular formula is C19H16ClNO4. The zero-order chi connectivity index (χ0) is 17.8. The van der Waals surface area contributed by atoms with E-state index in [1.807, 2.05) is 6.92 Å². The molecule has 128 valence electrons. The second kappa shape index (κ2) is 7.40. The number of anilines is 1. The Labute approximate surface area is 149 Å². The van der Waals surface area contributed by atoms with Crippen LogP contribution in [0.2, 0.25) is 5.02 Å². The molecule has 0 saturated carbocycles. The summed E-state index contributed by atoms with van der Waals surface area (Å²) in [4.78, 5) is 24.3. The number of amides is 1. The molecule has 0 saturated heterocycles. The van der Waals surface area contributed by atoms with E-state index in [0.717, 1.165) is 11.8 Å². The minimum Gasteiger partial charge on any atom is -0.462 e. The average Bonchev–Trinajstić information content (AvgIpc) is 3.03. The van der Waals surface area contributed by atoms with Crippen LogP contribution in [0.5, 0.6) is 0 Å². The summed E-state index contributed by atoms with van der Waals surface area (Å²) >= 11 is 5.93. The Hall–Kier alpha value is -2.79. The van der Waals surface area contributed by atoms with Gasteiger partial charge in [-0.25, -0.2) is 4.79 Å². The van der Waals surface area contributed by atoms with Gasteiger partial charge in [0.05, 0.1) is 12.2 Å². The first-order chi connectivity index (χ1) is 12.1. The van der Waals surface area contributed by atoms with E-state index in [4.69, 9.17) is 20.8 Å². The van der Waals surface area contributed by atoms with Crippen molar-refractivity contribution in [3.05, 3.63) is 64.9 Å². The summed E-state index contributed by atoms with van der Waals surface area (Å²) in [5.41, 5.74) is 1.43. The molecule has 3 aromatic rings. The van der Waals surface area contributed by atoms with E-state index in [1.54, 1.807) is 48.5 Å². The van der Waals surface area contributed by atoms with Gasteiger partial charge in [-0.3, -0.25) is 4.79 Å². The van der Waals surface area contributed by atoms with Crippen LogP contribution in [0, 0.1) is 0 Å². The highest BCUT2D eigenvalue weighted by Gasteiger charge is 2.14.